The Kier molecular flexibility index (Phi) is 4.09. The maximum absolute atomic E-state index is 12.9. The number of amides is 1. The van der Waals surface area contributed by atoms with E-state index in [1.54, 1.807) is 6.33 Å². The second kappa shape index (κ2) is 6.55. The van der Waals surface area contributed by atoms with Gasteiger partial charge < -0.3 is 15.2 Å². The van der Waals surface area contributed by atoms with Gasteiger partial charge in [-0.25, -0.2) is 9.97 Å². The molecular weight excluding hydrogens is 314 g/mol. The van der Waals surface area contributed by atoms with Crippen molar-refractivity contribution in [2.75, 3.05) is 25.5 Å². The van der Waals surface area contributed by atoms with Crippen LogP contribution in [0.3, 0.4) is 0 Å². The average Bonchev–Trinajstić information content (AvgIpc) is 3.15. The predicted octanol–water partition coefficient (Wildman–Crippen LogP) is 3.02. The maximum atomic E-state index is 12.9. The van der Waals surface area contributed by atoms with Gasteiger partial charge in [0.1, 0.15) is 5.82 Å². The summed E-state index contributed by atoms with van der Waals surface area (Å²) in [6.07, 6.45) is 5.59. The van der Waals surface area contributed by atoms with Gasteiger partial charge in [0.25, 0.3) is 5.91 Å². The van der Waals surface area contributed by atoms with E-state index in [1.165, 1.54) is 5.56 Å². The molecule has 2 aromatic heterocycles. The Morgan fingerprint density at radius 1 is 1.28 bits per heavy atom. The lowest BCUT2D eigenvalue weighted by atomic mass is 9.90. The summed E-state index contributed by atoms with van der Waals surface area (Å²) in [4.78, 5) is 26.4. The van der Waals surface area contributed by atoms with Crippen molar-refractivity contribution >= 4 is 22.8 Å². The monoisotopic (exact) mass is 335 g/mol. The number of rotatable bonds is 3. The Hall–Kier alpha value is -2.89. The molecule has 2 N–H and O–H groups in total. The predicted molar refractivity (Wildman–Crippen MR) is 97.8 cm³/mol. The lowest BCUT2D eigenvalue weighted by molar-refractivity contribution is 0.0707. The molecule has 0 aliphatic carbocycles. The van der Waals surface area contributed by atoms with Crippen LogP contribution in [0, 0.1) is 0 Å². The van der Waals surface area contributed by atoms with Gasteiger partial charge in [0.05, 0.1) is 17.4 Å². The Morgan fingerprint density at radius 3 is 3.08 bits per heavy atom. The van der Waals surface area contributed by atoms with Gasteiger partial charge >= 0.3 is 0 Å². The summed E-state index contributed by atoms with van der Waals surface area (Å²) in [5.74, 6) is 1.30. The first-order valence-corrected chi connectivity index (χ1v) is 8.61. The fraction of sp³-hybridized carbons (Fsp3) is 0.316. The molecule has 1 fully saturated rings. The molecule has 0 saturated carbocycles. The highest BCUT2D eigenvalue weighted by molar-refractivity contribution is 5.97. The van der Waals surface area contributed by atoms with Crippen LogP contribution in [0.4, 0.5) is 5.82 Å². The number of nitrogens with zero attached hydrogens (tertiary/aromatic N) is 3. The zero-order valence-electron chi connectivity index (χ0n) is 14.2. The second-order valence-electron chi connectivity index (χ2n) is 6.45. The van der Waals surface area contributed by atoms with Crippen molar-refractivity contribution in [3.8, 4) is 0 Å². The highest BCUT2D eigenvalue weighted by Gasteiger charge is 2.26. The van der Waals surface area contributed by atoms with Gasteiger partial charge in [-0.05, 0) is 48.7 Å². The van der Waals surface area contributed by atoms with Crippen molar-refractivity contribution in [1.29, 1.82) is 0 Å². The number of aromatic amines is 1. The summed E-state index contributed by atoms with van der Waals surface area (Å²) >= 11 is 0. The minimum Gasteiger partial charge on any atom is -0.373 e. The minimum absolute atomic E-state index is 0.0871. The van der Waals surface area contributed by atoms with Gasteiger partial charge in [0, 0.05) is 37.8 Å². The molecule has 6 nitrogen and oxygen atoms in total. The SMILES string of the molecule is CNc1cc([C@H]2CCCN(C(=O)c3ccc4nc[nH]c4c3)C2)ccn1. The fourth-order valence-corrected chi connectivity index (χ4v) is 3.52. The Balaban J connectivity index is 1.54. The first-order chi connectivity index (χ1) is 12.2. The number of hydrogen-bond acceptors (Lipinski definition) is 4. The summed E-state index contributed by atoms with van der Waals surface area (Å²) in [5, 5.41) is 3.08. The third kappa shape index (κ3) is 3.07. The molecule has 0 radical (unpaired) electrons. The Bertz CT molecular complexity index is 903. The van der Waals surface area contributed by atoms with Crippen molar-refractivity contribution < 1.29 is 4.79 Å². The number of carbonyl (C=O) groups is 1. The van der Waals surface area contributed by atoms with Gasteiger partial charge in [-0.3, -0.25) is 4.79 Å². The maximum Gasteiger partial charge on any atom is 0.253 e. The largest absolute Gasteiger partial charge is 0.373 e. The molecule has 1 atom stereocenters. The molecule has 1 amide bonds. The Labute approximate surface area is 146 Å². The van der Waals surface area contributed by atoms with Crippen LogP contribution in [-0.4, -0.2) is 45.9 Å². The molecule has 3 heterocycles. The summed E-state index contributed by atoms with van der Waals surface area (Å²) in [6, 6.07) is 9.77. The number of likely N-dealkylation sites (tertiary alicyclic amines) is 1. The Morgan fingerprint density at radius 2 is 2.20 bits per heavy atom. The summed E-state index contributed by atoms with van der Waals surface area (Å²) < 4.78 is 0. The van der Waals surface area contributed by atoms with Crippen molar-refractivity contribution in [2.24, 2.45) is 0 Å². The van der Waals surface area contributed by atoms with Gasteiger partial charge in [-0.15, -0.1) is 0 Å². The molecule has 4 rings (SSSR count). The zero-order chi connectivity index (χ0) is 17.2. The first-order valence-electron chi connectivity index (χ1n) is 8.61. The molecule has 1 aromatic carbocycles. The number of benzene rings is 1. The second-order valence-corrected chi connectivity index (χ2v) is 6.45. The molecule has 25 heavy (non-hydrogen) atoms. The van der Waals surface area contributed by atoms with Crippen LogP contribution in [0.2, 0.25) is 0 Å². The minimum atomic E-state index is 0.0871. The molecule has 1 aliphatic heterocycles. The number of pyridine rings is 1. The number of anilines is 1. The molecule has 0 spiro atoms. The van der Waals surface area contributed by atoms with E-state index < -0.39 is 0 Å². The van der Waals surface area contributed by atoms with Crippen LogP contribution in [-0.2, 0) is 0 Å². The average molecular weight is 335 g/mol. The molecule has 6 heteroatoms. The van der Waals surface area contributed by atoms with E-state index in [2.05, 4.69) is 32.4 Å². The first kappa shape index (κ1) is 15.6. The normalized spacial score (nSPS) is 17.6. The summed E-state index contributed by atoms with van der Waals surface area (Å²) in [6.45, 7) is 1.55. The number of hydrogen-bond donors (Lipinski definition) is 2. The third-order valence-electron chi connectivity index (χ3n) is 4.89. The zero-order valence-corrected chi connectivity index (χ0v) is 14.2. The highest BCUT2D eigenvalue weighted by Crippen LogP contribution is 2.28. The number of H-pyrrole nitrogens is 1. The summed E-state index contributed by atoms with van der Waals surface area (Å²) in [7, 11) is 1.87. The smallest absolute Gasteiger partial charge is 0.253 e. The van der Waals surface area contributed by atoms with E-state index in [0.29, 0.717) is 11.5 Å². The van der Waals surface area contributed by atoms with E-state index in [4.69, 9.17) is 0 Å². The topological polar surface area (TPSA) is 73.9 Å². The number of piperidine rings is 1. The van der Waals surface area contributed by atoms with Gasteiger partial charge in [0.15, 0.2) is 0 Å². The molecule has 0 bridgehead atoms. The third-order valence-corrected chi connectivity index (χ3v) is 4.89. The van der Waals surface area contributed by atoms with Crippen LogP contribution in [0.25, 0.3) is 11.0 Å². The van der Waals surface area contributed by atoms with Crippen LogP contribution in [0.15, 0.2) is 42.9 Å². The van der Waals surface area contributed by atoms with Gasteiger partial charge in [-0.2, -0.15) is 0 Å². The van der Waals surface area contributed by atoms with E-state index in [1.807, 2.05) is 36.3 Å². The molecular formula is C19H21N5O. The number of nitrogens with one attached hydrogen (secondary N) is 2. The van der Waals surface area contributed by atoms with Crippen molar-refractivity contribution in [1.82, 2.24) is 19.9 Å². The lowest BCUT2D eigenvalue weighted by Crippen LogP contribution is -2.39. The van der Waals surface area contributed by atoms with Crippen LogP contribution in [0.1, 0.15) is 34.7 Å². The fourth-order valence-electron chi connectivity index (χ4n) is 3.52. The quantitative estimate of drug-likeness (QED) is 0.771. The standard InChI is InChI=1S/C19H21N5O/c1-20-18-10-13(6-7-21-18)15-3-2-8-24(11-15)19(25)14-4-5-16-17(9-14)23-12-22-16/h4-7,9-10,12,15H,2-3,8,11H2,1H3,(H,20,21)(H,22,23)/t15-/m0/s1. The van der Waals surface area contributed by atoms with Gasteiger partial charge in [0.2, 0.25) is 0 Å². The molecule has 3 aromatic rings. The van der Waals surface area contributed by atoms with Gasteiger partial charge in [-0.1, -0.05) is 0 Å². The lowest BCUT2D eigenvalue weighted by Gasteiger charge is -2.33. The summed E-state index contributed by atoms with van der Waals surface area (Å²) in [5.41, 5.74) is 3.72. The van der Waals surface area contributed by atoms with Crippen molar-refractivity contribution in [3.05, 3.63) is 54.0 Å². The van der Waals surface area contributed by atoms with E-state index >= 15 is 0 Å². The van der Waals surface area contributed by atoms with Crippen LogP contribution in [0.5, 0.6) is 0 Å². The number of fused-ring (bicyclic) bond motifs is 1. The molecule has 1 saturated heterocycles. The molecule has 128 valence electrons. The van der Waals surface area contributed by atoms with Crippen molar-refractivity contribution in [3.63, 3.8) is 0 Å². The van der Waals surface area contributed by atoms with E-state index in [-0.39, 0.29) is 5.91 Å². The van der Waals surface area contributed by atoms with Crippen molar-refractivity contribution in [2.45, 2.75) is 18.8 Å². The van der Waals surface area contributed by atoms with Crippen LogP contribution >= 0.6 is 0 Å². The number of carbonyl (C=O) groups excluding carboxylic acids is 1. The van der Waals surface area contributed by atoms with E-state index in [0.717, 1.165) is 42.8 Å². The number of aromatic nitrogens is 3. The number of imidazole rings is 1. The molecule has 0 unspecified atom stereocenters. The van der Waals surface area contributed by atoms with Crippen LogP contribution < -0.4 is 5.32 Å². The highest BCUT2D eigenvalue weighted by atomic mass is 16.2. The molecule has 1 aliphatic rings. The van der Waals surface area contributed by atoms with E-state index in [9.17, 15) is 4.79 Å².